The van der Waals surface area contributed by atoms with Crippen LogP contribution in [0, 0.1) is 0 Å². The fourth-order valence-corrected chi connectivity index (χ4v) is 4.95. The molecule has 0 radical (unpaired) electrons. The molecule has 0 saturated carbocycles. The number of hydrogen-bond donors (Lipinski definition) is 2. The van der Waals surface area contributed by atoms with Crippen molar-refractivity contribution < 1.29 is 23.1 Å². The first-order valence-electron chi connectivity index (χ1n) is 7.57. The summed E-state index contributed by atoms with van der Waals surface area (Å²) in [6.07, 6.45) is 1.04. The van der Waals surface area contributed by atoms with Crippen molar-refractivity contribution in [1.29, 1.82) is 0 Å². The largest absolute Gasteiger partial charge is 0.477 e. The van der Waals surface area contributed by atoms with E-state index in [9.17, 15) is 18.0 Å². The van der Waals surface area contributed by atoms with Crippen LogP contribution in [-0.2, 0) is 14.8 Å². The third-order valence-electron chi connectivity index (χ3n) is 3.92. The number of carbonyl (C=O) groups excluding carboxylic acids is 1. The van der Waals surface area contributed by atoms with Crippen LogP contribution in [0.1, 0.15) is 22.5 Å². The number of piperidine rings is 1. The lowest BCUT2D eigenvalue weighted by atomic mass is 10.1. The molecular formula is C16H16N2O5S2. The smallest absolute Gasteiger partial charge is 0.347 e. The highest BCUT2D eigenvalue weighted by atomic mass is 32.2. The Kier molecular flexibility index (Phi) is 4.78. The maximum Gasteiger partial charge on any atom is 0.347 e. The number of nitrogens with one attached hydrogen (secondary N) is 1. The lowest BCUT2D eigenvalue weighted by Gasteiger charge is -2.28. The van der Waals surface area contributed by atoms with Crippen molar-refractivity contribution in [2.24, 2.45) is 0 Å². The second kappa shape index (κ2) is 6.85. The lowest BCUT2D eigenvalue weighted by Crippen LogP contribution is -2.33. The van der Waals surface area contributed by atoms with Crippen LogP contribution in [0.2, 0.25) is 0 Å². The number of sulfonamides is 1. The van der Waals surface area contributed by atoms with Gasteiger partial charge in [0.15, 0.2) is 0 Å². The maximum absolute atomic E-state index is 12.4. The first kappa shape index (κ1) is 17.4. The zero-order valence-corrected chi connectivity index (χ0v) is 14.8. The Morgan fingerprint density at radius 3 is 2.36 bits per heavy atom. The fourth-order valence-electron chi connectivity index (χ4n) is 2.63. The molecule has 9 heteroatoms. The number of carboxylic acids is 1. The molecule has 0 spiro atoms. The van der Waals surface area contributed by atoms with Gasteiger partial charge in [-0.25, -0.2) is 13.2 Å². The molecule has 1 fully saturated rings. The van der Waals surface area contributed by atoms with E-state index >= 15 is 0 Å². The first-order chi connectivity index (χ1) is 11.9. The highest BCUT2D eigenvalue weighted by Crippen LogP contribution is 2.26. The molecule has 25 heavy (non-hydrogen) atoms. The van der Waals surface area contributed by atoms with Gasteiger partial charge in [-0.1, -0.05) is 0 Å². The Labute approximate surface area is 149 Å². The standard InChI is InChI=1S/C16H16N2O5S2/c19-13-5-8-18(9-6-13)12-3-1-11(2-4-12)17-25(22,23)14-7-10-24-15(14)16(20)21/h1-4,7,10,17H,5-6,8-9H2,(H,20,21). The molecule has 0 aliphatic carbocycles. The van der Waals surface area contributed by atoms with E-state index < -0.39 is 16.0 Å². The van der Waals surface area contributed by atoms with Gasteiger partial charge in [0, 0.05) is 37.3 Å². The molecule has 2 N–H and O–H groups in total. The lowest BCUT2D eigenvalue weighted by molar-refractivity contribution is -0.119. The van der Waals surface area contributed by atoms with Crippen LogP contribution in [0.25, 0.3) is 0 Å². The summed E-state index contributed by atoms with van der Waals surface area (Å²) in [5.74, 6) is -1.02. The number of carboxylic acid groups (broad SMARTS) is 1. The van der Waals surface area contributed by atoms with E-state index in [1.807, 2.05) is 0 Å². The average Bonchev–Trinajstić information content (AvgIpc) is 3.07. The van der Waals surface area contributed by atoms with Crippen molar-refractivity contribution in [3.63, 3.8) is 0 Å². The number of thiophene rings is 1. The number of hydrogen-bond acceptors (Lipinski definition) is 6. The Balaban J connectivity index is 1.75. The number of carbonyl (C=O) groups is 2. The van der Waals surface area contributed by atoms with Gasteiger partial charge in [0.25, 0.3) is 10.0 Å². The molecule has 0 amide bonds. The van der Waals surface area contributed by atoms with Crippen LogP contribution >= 0.6 is 11.3 Å². The number of anilines is 2. The van der Waals surface area contributed by atoms with Crippen molar-refractivity contribution in [3.05, 3.63) is 40.6 Å². The van der Waals surface area contributed by atoms with E-state index in [-0.39, 0.29) is 15.6 Å². The third-order valence-corrected chi connectivity index (χ3v) is 6.37. The molecule has 132 valence electrons. The van der Waals surface area contributed by atoms with Crippen molar-refractivity contribution >= 4 is 44.5 Å². The second-order valence-electron chi connectivity index (χ2n) is 5.60. The monoisotopic (exact) mass is 380 g/mol. The molecule has 2 aromatic rings. The summed E-state index contributed by atoms with van der Waals surface area (Å²) in [7, 11) is -3.97. The van der Waals surface area contributed by atoms with Crippen LogP contribution < -0.4 is 9.62 Å². The molecule has 1 aliphatic heterocycles. The maximum atomic E-state index is 12.4. The Morgan fingerprint density at radius 2 is 1.76 bits per heavy atom. The van der Waals surface area contributed by atoms with E-state index in [4.69, 9.17) is 5.11 Å². The Bertz CT molecular complexity index is 893. The normalized spacial score (nSPS) is 15.2. The highest BCUT2D eigenvalue weighted by molar-refractivity contribution is 7.93. The van der Waals surface area contributed by atoms with Crippen LogP contribution in [0.5, 0.6) is 0 Å². The highest BCUT2D eigenvalue weighted by Gasteiger charge is 2.24. The molecule has 1 saturated heterocycles. The zero-order valence-electron chi connectivity index (χ0n) is 13.1. The van der Waals surface area contributed by atoms with E-state index in [0.717, 1.165) is 17.0 Å². The van der Waals surface area contributed by atoms with Gasteiger partial charge in [0.05, 0.1) is 0 Å². The van der Waals surface area contributed by atoms with Crippen molar-refractivity contribution in [1.82, 2.24) is 0 Å². The number of ketones is 1. The van der Waals surface area contributed by atoms with Gasteiger partial charge in [-0.3, -0.25) is 9.52 Å². The van der Waals surface area contributed by atoms with Crippen LogP contribution in [0.15, 0.2) is 40.6 Å². The Morgan fingerprint density at radius 1 is 1.12 bits per heavy atom. The van der Waals surface area contributed by atoms with Gasteiger partial charge in [0.2, 0.25) is 0 Å². The molecule has 0 bridgehead atoms. The molecule has 0 unspecified atom stereocenters. The molecule has 3 rings (SSSR count). The number of aromatic carboxylic acids is 1. The predicted octanol–water partition coefficient (Wildman–Crippen LogP) is 2.42. The van der Waals surface area contributed by atoms with Gasteiger partial charge in [0.1, 0.15) is 15.6 Å². The van der Waals surface area contributed by atoms with E-state index in [2.05, 4.69) is 9.62 Å². The number of benzene rings is 1. The molecule has 2 heterocycles. The summed E-state index contributed by atoms with van der Waals surface area (Å²) in [4.78, 5) is 24.0. The summed E-state index contributed by atoms with van der Waals surface area (Å²) in [5, 5.41) is 10.5. The molecule has 1 aromatic carbocycles. The van der Waals surface area contributed by atoms with E-state index in [0.29, 0.717) is 31.6 Å². The summed E-state index contributed by atoms with van der Waals surface area (Å²) in [6, 6.07) is 8.07. The first-order valence-corrected chi connectivity index (χ1v) is 9.93. The topological polar surface area (TPSA) is 104 Å². The second-order valence-corrected chi connectivity index (χ2v) is 8.16. The molecular weight excluding hydrogens is 364 g/mol. The van der Waals surface area contributed by atoms with Gasteiger partial charge in [-0.15, -0.1) is 11.3 Å². The summed E-state index contributed by atoms with van der Waals surface area (Å²) < 4.78 is 27.2. The number of rotatable bonds is 5. The quantitative estimate of drug-likeness (QED) is 0.826. The van der Waals surface area contributed by atoms with E-state index in [1.165, 1.54) is 11.4 Å². The minimum Gasteiger partial charge on any atom is -0.477 e. The molecule has 7 nitrogen and oxygen atoms in total. The van der Waals surface area contributed by atoms with Crippen molar-refractivity contribution in [3.8, 4) is 0 Å². The molecule has 0 atom stereocenters. The van der Waals surface area contributed by atoms with Gasteiger partial charge in [-0.05, 0) is 35.7 Å². The number of nitrogens with zero attached hydrogens (tertiary/aromatic N) is 1. The summed E-state index contributed by atoms with van der Waals surface area (Å²) >= 11 is 0.864. The van der Waals surface area contributed by atoms with Crippen molar-refractivity contribution in [2.45, 2.75) is 17.7 Å². The summed E-state index contributed by atoms with van der Waals surface area (Å²) in [5.41, 5.74) is 1.26. The minimum atomic E-state index is -3.97. The van der Waals surface area contributed by atoms with Gasteiger partial charge in [-0.2, -0.15) is 0 Å². The van der Waals surface area contributed by atoms with E-state index in [1.54, 1.807) is 24.3 Å². The third kappa shape index (κ3) is 3.83. The van der Waals surface area contributed by atoms with Crippen molar-refractivity contribution in [2.75, 3.05) is 22.7 Å². The number of Topliss-reactive ketones (excluding diaryl/α,β-unsaturated/α-hetero) is 1. The van der Waals surface area contributed by atoms with Gasteiger partial charge >= 0.3 is 5.97 Å². The van der Waals surface area contributed by atoms with Gasteiger partial charge < -0.3 is 10.0 Å². The van der Waals surface area contributed by atoms with Crippen LogP contribution in [0.4, 0.5) is 11.4 Å². The van der Waals surface area contributed by atoms with Crippen LogP contribution in [0.3, 0.4) is 0 Å². The van der Waals surface area contributed by atoms with Crippen LogP contribution in [-0.4, -0.2) is 38.4 Å². The predicted molar refractivity (Wildman–Crippen MR) is 95.0 cm³/mol. The summed E-state index contributed by atoms with van der Waals surface area (Å²) in [6.45, 7) is 1.31. The SMILES string of the molecule is O=C1CCN(c2ccc(NS(=O)(=O)c3ccsc3C(=O)O)cc2)CC1. The fraction of sp³-hybridized carbons (Fsp3) is 0.250. The Hall–Kier alpha value is -2.39. The molecule has 1 aromatic heterocycles. The average molecular weight is 380 g/mol. The molecule has 1 aliphatic rings. The minimum absolute atomic E-state index is 0.220. The zero-order chi connectivity index (χ0) is 18.0.